The molecule has 0 spiro atoms. The average Bonchev–Trinajstić information content (AvgIpc) is 2.73. The topological polar surface area (TPSA) is 90.1 Å². The van der Waals surface area contributed by atoms with Crippen molar-refractivity contribution in [1.82, 2.24) is 14.9 Å². The van der Waals surface area contributed by atoms with Gasteiger partial charge in [-0.25, -0.2) is 4.79 Å². The van der Waals surface area contributed by atoms with E-state index in [0.29, 0.717) is 16.6 Å². The summed E-state index contributed by atoms with van der Waals surface area (Å²) in [5.74, 6) is 0. The smallest absolute Gasteiger partial charge is 0.312 e. The van der Waals surface area contributed by atoms with E-state index in [1.807, 2.05) is 37.3 Å². The molecular weight excluding hydrogens is 356 g/mol. The third-order valence-corrected chi connectivity index (χ3v) is 5.50. The second kappa shape index (κ2) is 7.52. The van der Waals surface area contributed by atoms with Crippen molar-refractivity contribution in [3.05, 3.63) is 69.1 Å². The molecule has 1 saturated heterocycles. The fourth-order valence-electron chi connectivity index (χ4n) is 4.03. The van der Waals surface area contributed by atoms with Crippen LogP contribution in [0, 0.1) is 10.1 Å². The molecule has 2 atom stereocenters. The van der Waals surface area contributed by atoms with Crippen molar-refractivity contribution in [2.24, 2.45) is 0 Å². The Balaban J connectivity index is 1.95. The minimum absolute atomic E-state index is 0.0138. The van der Waals surface area contributed by atoms with E-state index in [9.17, 15) is 14.9 Å². The molecule has 4 rings (SSSR count). The van der Waals surface area contributed by atoms with E-state index in [4.69, 9.17) is 0 Å². The van der Waals surface area contributed by atoms with E-state index in [-0.39, 0.29) is 23.5 Å². The highest BCUT2D eigenvalue weighted by atomic mass is 16.6. The zero-order valence-electron chi connectivity index (χ0n) is 15.7. The first kappa shape index (κ1) is 18.3. The maximum absolute atomic E-state index is 13.0. The minimum Gasteiger partial charge on any atom is -0.312 e. The van der Waals surface area contributed by atoms with Crippen LogP contribution in [0.4, 0.5) is 5.69 Å². The Labute approximate surface area is 162 Å². The summed E-state index contributed by atoms with van der Waals surface area (Å²) < 4.78 is 1.68. The van der Waals surface area contributed by atoms with Gasteiger partial charge in [0.2, 0.25) is 0 Å². The summed E-state index contributed by atoms with van der Waals surface area (Å²) in [6.45, 7) is 2.94. The molecule has 1 aromatic heterocycles. The van der Waals surface area contributed by atoms with Crippen molar-refractivity contribution in [2.45, 2.75) is 38.3 Å². The molecule has 2 unspecified atom stereocenters. The molecule has 1 aliphatic heterocycles. The number of hydrogen-bond acceptors (Lipinski definition) is 5. The molecule has 1 N–H and O–H groups in total. The van der Waals surface area contributed by atoms with E-state index < -0.39 is 4.92 Å². The first-order chi connectivity index (χ1) is 13.6. The average molecular weight is 378 g/mol. The normalized spacial score (nSPS) is 18.1. The van der Waals surface area contributed by atoms with Crippen molar-refractivity contribution in [3.63, 3.8) is 0 Å². The van der Waals surface area contributed by atoms with Crippen LogP contribution in [0.1, 0.15) is 32.2 Å². The number of piperidine rings is 1. The highest BCUT2D eigenvalue weighted by Gasteiger charge is 2.25. The van der Waals surface area contributed by atoms with Gasteiger partial charge in [-0.2, -0.15) is 4.98 Å². The molecule has 3 aromatic rings. The zero-order valence-corrected chi connectivity index (χ0v) is 15.7. The fraction of sp³-hybridized carbons (Fsp3) is 0.333. The maximum Gasteiger partial charge on any atom is 0.348 e. The quantitative estimate of drug-likeness (QED) is 0.552. The Kier molecular flexibility index (Phi) is 4.92. The van der Waals surface area contributed by atoms with Crippen molar-refractivity contribution in [1.29, 1.82) is 0 Å². The number of benzene rings is 2. The summed E-state index contributed by atoms with van der Waals surface area (Å²) in [7, 11) is 0. The van der Waals surface area contributed by atoms with Gasteiger partial charge in [0.1, 0.15) is 0 Å². The lowest BCUT2D eigenvalue weighted by Gasteiger charge is -2.31. The number of nitro benzene ring substituents is 1. The van der Waals surface area contributed by atoms with E-state index >= 15 is 0 Å². The van der Waals surface area contributed by atoms with Gasteiger partial charge in [0.05, 0.1) is 22.2 Å². The van der Waals surface area contributed by atoms with Gasteiger partial charge in [-0.1, -0.05) is 36.8 Å². The molecule has 0 bridgehead atoms. The van der Waals surface area contributed by atoms with Crippen molar-refractivity contribution >= 4 is 16.6 Å². The molecule has 144 valence electrons. The van der Waals surface area contributed by atoms with Crippen LogP contribution in [-0.4, -0.2) is 27.1 Å². The van der Waals surface area contributed by atoms with E-state index in [1.54, 1.807) is 10.6 Å². The summed E-state index contributed by atoms with van der Waals surface area (Å²) >= 11 is 0. The molecule has 28 heavy (non-hydrogen) atoms. The Morgan fingerprint density at radius 2 is 2.00 bits per heavy atom. The van der Waals surface area contributed by atoms with Crippen LogP contribution in [0.3, 0.4) is 0 Å². The van der Waals surface area contributed by atoms with Crippen LogP contribution in [0.15, 0.2) is 53.3 Å². The van der Waals surface area contributed by atoms with Gasteiger partial charge in [0.25, 0.3) is 5.69 Å². The van der Waals surface area contributed by atoms with E-state index in [0.717, 1.165) is 31.4 Å². The fourth-order valence-corrected chi connectivity index (χ4v) is 4.03. The predicted molar refractivity (Wildman–Crippen MR) is 108 cm³/mol. The lowest BCUT2D eigenvalue weighted by molar-refractivity contribution is -0.384. The van der Waals surface area contributed by atoms with Gasteiger partial charge in [-0.15, -0.1) is 0 Å². The van der Waals surface area contributed by atoms with Gasteiger partial charge in [0.15, 0.2) is 0 Å². The van der Waals surface area contributed by atoms with Gasteiger partial charge < -0.3 is 5.32 Å². The monoisotopic (exact) mass is 378 g/mol. The number of nitrogens with one attached hydrogen (secondary N) is 1. The summed E-state index contributed by atoms with van der Waals surface area (Å²) in [6.07, 6.45) is 3.24. The molecule has 1 fully saturated rings. The third-order valence-electron chi connectivity index (χ3n) is 5.50. The highest BCUT2D eigenvalue weighted by Crippen LogP contribution is 2.31. The second-order valence-electron chi connectivity index (χ2n) is 7.23. The van der Waals surface area contributed by atoms with Gasteiger partial charge in [-0.3, -0.25) is 14.7 Å². The summed E-state index contributed by atoms with van der Waals surface area (Å²) in [6, 6.07) is 14.0. The molecule has 7 heteroatoms. The Hall–Kier alpha value is -3.06. The summed E-state index contributed by atoms with van der Waals surface area (Å²) in [5.41, 5.74) is 1.56. The number of aromatic nitrogens is 2. The number of rotatable bonds is 4. The molecular formula is C21H22N4O3. The van der Waals surface area contributed by atoms with Gasteiger partial charge in [-0.05, 0) is 32.4 Å². The first-order valence-electron chi connectivity index (χ1n) is 9.56. The molecule has 1 aliphatic rings. The minimum atomic E-state index is -0.421. The van der Waals surface area contributed by atoms with Crippen LogP contribution < -0.4 is 11.0 Å². The molecule has 0 saturated carbocycles. The number of fused-ring (bicyclic) bond motifs is 1. The number of hydrogen-bond donors (Lipinski definition) is 1. The molecule has 0 aliphatic carbocycles. The van der Waals surface area contributed by atoms with Crippen LogP contribution in [0.2, 0.25) is 0 Å². The molecule has 0 amide bonds. The van der Waals surface area contributed by atoms with Crippen LogP contribution >= 0.6 is 0 Å². The Morgan fingerprint density at radius 3 is 2.68 bits per heavy atom. The largest absolute Gasteiger partial charge is 0.348 e. The second-order valence-corrected chi connectivity index (χ2v) is 7.23. The van der Waals surface area contributed by atoms with E-state index in [1.165, 1.54) is 12.1 Å². The van der Waals surface area contributed by atoms with Crippen LogP contribution in [-0.2, 0) is 0 Å². The summed E-state index contributed by atoms with van der Waals surface area (Å²) in [4.78, 5) is 28.3. The third kappa shape index (κ3) is 3.29. The maximum atomic E-state index is 13.0. The molecule has 7 nitrogen and oxygen atoms in total. The highest BCUT2D eigenvalue weighted by molar-refractivity contribution is 5.93. The standard InChI is InChI=1S/C21H22N4O3/c1-14(18-9-5-6-12-22-18)24-19-11-10-16(25(27)28)13-17(19)20(23-21(24)26)15-7-3-2-4-8-15/h2-4,7-8,10-11,13-14,18,22H,5-6,9,12H2,1H3. The van der Waals surface area contributed by atoms with Gasteiger partial charge >= 0.3 is 5.69 Å². The zero-order chi connectivity index (χ0) is 19.7. The summed E-state index contributed by atoms with van der Waals surface area (Å²) in [5, 5.41) is 15.4. The number of non-ortho nitro benzene ring substituents is 1. The number of nitrogens with zero attached hydrogens (tertiary/aromatic N) is 3. The Bertz CT molecular complexity index is 1070. The molecule has 2 aromatic carbocycles. The van der Waals surface area contributed by atoms with Crippen LogP contribution in [0.5, 0.6) is 0 Å². The van der Waals surface area contributed by atoms with Crippen molar-refractivity contribution in [2.75, 3.05) is 6.54 Å². The predicted octanol–water partition coefficient (Wildman–Crippen LogP) is 3.67. The lowest BCUT2D eigenvalue weighted by Crippen LogP contribution is -2.43. The molecule has 0 radical (unpaired) electrons. The first-order valence-corrected chi connectivity index (χ1v) is 9.56. The molecule has 2 heterocycles. The van der Waals surface area contributed by atoms with Crippen LogP contribution in [0.25, 0.3) is 22.2 Å². The van der Waals surface area contributed by atoms with Crippen molar-refractivity contribution < 1.29 is 4.92 Å². The van der Waals surface area contributed by atoms with E-state index in [2.05, 4.69) is 10.3 Å². The van der Waals surface area contributed by atoms with Gasteiger partial charge in [0, 0.05) is 29.1 Å². The SMILES string of the molecule is CC(C1CCCCN1)n1c(=O)nc(-c2ccccc2)c2cc([N+](=O)[O-])ccc21. The lowest BCUT2D eigenvalue weighted by atomic mass is 9.98. The number of nitro groups is 1. The van der Waals surface area contributed by atoms with Crippen molar-refractivity contribution in [3.8, 4) is 11.3 Å². The Morgan fingerprint density at radius 1 is 1.21 bits per heavy atom.